The maximum Gasteiger partial charge on any atom is 0.436 e. The molecule has 0 spiro atoms. The third kappa shape index (κ3) is 4.18. The molecular weight excluding hydrogens is 330 g/mol. The summed E-state index contributed by atoms with van der Waals surface area (Å²) in [4.78, 5) is 12.0. The Hall–Kier alpha value is -2.17. The van der Waals surface area contributed by atoms with Crippen LogP contribution in [0.4, 0.5) is 36.8 Å². The number of carbonyl (C=O) groups excluding carboxylic acids is 1. The number of para-hydroxylation sites is 1. The highest BCUT2D eigenvalue weighted by Gasteiger charge is 2.72. The molecule has 130 valence electrons. The third-order valence-electron chi connectivity index (χ3n) is 2.72. The molecule has 0 unspecified atom stereocenters. The summed E-state index contributed by atoms with van der Waals surface area (Å²) in [5.74, 6) is 0. The number of hydrogen-bond donors (Lipinski definition) is 3. The van der Waals surface area contributed by atoms with E-state index in [4.69, 9.17) is 0 Å². The Labute approximate surface area is 127 Å². The number of carbonyl (C=O) groups is 1. The first kappa shape index (κ1) is 18.9. The zero-order valence-electron chi connectivity index (χ0n) is 12.0. The number of halogens is 6. The van der Waals surface area contributed by atoms with Gasteiger partial charge >= 0.3 is 24.0 Å². The highest BCUT2D eigenvalue weighted by Crippen LogP contribution is 2.41. The van der Waals surface area contributed by atoms with Gasteiger partial charge in [0.2, 0.25) is 0 Å². The van der Waals surface area contributed by atoms with Crippen molar-refractivity contribution in [2.24, 2.45) is 0 Å². The molecule has 11 heteroatoms. The Morgan fingerprint density at radius 3 is 1.83 bits per heavy atom. The fourth-order valence-electron chi connectivity index (χ4n) is 1.44. The molecule has 0 atom stereocenters. The molecule has 0 saturated heterocycles. The first-order valence-corrected chi connectivity index (χ1v) is 6.12. The van der Waals surface area contributed by atoms with Gasteiger partial charge in [0.25, 0.3) is 0 Å². The number of urea groups is 1. The second-order valence-electron chi connectivity index (χ2n) is 4.69. The van der Waals surface area contributed by atoms with E-state index in [-0.39, 0.29) is 5.69 Å². The minimum Gasteiger partial charge on any atom is -0.331 e. The van der Waals surface area contributed by atoms with Crippen LogP contribution in [0.25, 0.3) is 0 Å². The molecule has 23 heavy (non-hydrogen) atoms. The van der Waals surface area contributed by atoms with Gasteiger partial charge in [-0.25, -0.2) is 4.79 Å². The SMILES string of the molecule is CN(C)C(=O)NC(NNc1ccccc1)(C(F)(F)F)C(F)(F)F. The smallest absolute Gasteiger partial charge is 0.331 e. The molecule has 0 bridgehead atoms. The van der Waals surface area contributed by atoms with Gasteiger partial charge in [-0.05, 0) is 12.1 Å². The van der Waals surface area contributed by atoms with Crippen LogP contribution in [0, 0.1) is 0 Å². The lowest BCUT2D eigenvalue weighted by Crippen LogP contribution is -2.77. The van der Waals surface area contributed by atoms with E-state index in [1.54, 1.807) is 0 Å². The molecule has 5 nitrogen and oxygen atoms in total. The van der Waals surface area contributed by atoms with Crippen molar-refractivity contribution in [2.75, 3.05) is 19.5 Å². The van der Waals surface area contributed by atoms with Crippen molar-refractivity contribution in [1.29, 1.82) is 0 Å². The summed E-state index contributed by atoms with van der Waals surface area (Å²) < 4.78 is 78.9. The number of hydrogen-bond acceptors (Lipinski definition) is 3. The van der Waals surface area contributed by atoms with Crippen molar-refractivity contribution >= 4 is 11.7 Å². The van der Waals surface area contributed by atoms with Gasteiger partial charge in [0.05, 0.1) is 0 Å². The normalized spacial score (nSPS) is 12.7. The van der Waals surface area contributed by atoms with Gasteiger partial charge < -0.3 is 15.6 Å². The molecule has 0 aliphatic carbocycles. The van der Waals surface area contributed by atoms with Crippen LogP contribution in [-0.2, 0) is 0 Å². The predicted molar refractivity (Wildman–Crippen MR) is 70.3 cm³/mol. The summed E-state index contributed by atoms with van der Waals surface area (Å²) in [6.45, 7) is 0. The molecule has 0 aliphatic rings. The summed E-state index contributed by atoms with van der Waals surface area (Å²) in [7, 11) is 2.02. The molecule has 0 heterocycles. The van der Waals surface area contributed by atoms with E-state index in [9.17, 15) is 31.1 Å². The summed E-state index contributed by atoms with van der Waals surface area (Å²) in [5, 5.41) is 0.943. The average molecular weight is 344 g/mol. The van der Waals surface area contributed by atoms with E-state index in [2.05, 4.69) is 0 Å². The number of rotatable bonds is 4. The molecule has 1 rings (SSSR count). The van der Waals surface area contributed by atoms with E-state index in [1.165, 1.54) is 30.3 Å². The number of anilines is 1. The van der Waals surface area contributed by atoms with Crippen LogP contribution >= 0.6 is 0 Å². The van der Waals surface area contributed by atoms with Crippen molar-refractivity contribution < 1.29 is 31.1 Å². The zero-order chi connectivity index (χ0) is 17.9. The molecule has 3 N–H and O–H groups in total. The van der Waals surface area contributed by atoms with Crippen LogP contribution in [0.3, 0.4) is 0 Å². The Bertz CT molecular complexity index is 515. The molecule has 1 aromatic rings. The summed E-state index contributed by atoms with van der Waals surface area (Å²) in [5.41, 5.74) is -1.74. The average Bonchev–Trinajstić information content (AvgIpc) is 2.41. The summed E-state index contributed by atoms with van der Waals surface area (Å²) >= 11 is 0. The van der Waals surface area contributed by atoms with Gasteiger partial charge in [-0.3, -0.25) is 0 Å². The molecule has 2 amide bonds. The van der Waals surface area contributed by atoms with Crippen LogP contribution in [0.1, 0.15) is 0 Å². The quantitative estimate of drug-likeness (QED) is 0.447. The molecule has 0 radical (unpaired) electrons. The topological polar surface area (TPSA) is 56.4 Å². The third-order valence-corrected chi connectivity index (χ3v) is 2.72. The standard InChI is InChI=1S/C12H14F6N4O/c1-22(2)9(23)19-10(11(13,14)15,12(16,17)18)21-20-8-6-4-3-5-7-8/h3-7,20-21H,1-2H3,(H,19,23). The van der Waals surface area contributed by atoms with Crippen LogP contribution in [0.15, 0.2) is 30.3 Å². The zero-order valence-corrected chi connectivity index (χ0v) is 12.0. The van der Waals surface area contributed by atoms with Crippen molar-refractivity contribution in [1.82, 2.24) is 15.6 Å². The lowest BCUT2D eigenvalue weighted by Gasteiger charge is -2.39. The highest BCUT2D eigenvalue weighted by atomic mass is 19.4. The minimum atomic E-state index is -5.86. The van der Waals surface area contributed by atoms with Gasteiger partial charge in [0, 0.05) is 19.8 Å². The molecule has 0 aliphatic heterocycles. The van der Waals surface area contributed by atoms with Crippen LogP contribution in [-0.4, -0.2) is 43.0 Å². The van der Waals surface area contributed by atoms with E-state index < -0.39 is 24.0 Å². The fraction of sp³-hybridized carbons (Fsp3) is 0.417. The molecule has 0 saturated carbocycles. The Kier molecular flexibility index (Phi) is 5.35. The Balaban J connectivity index is 3.19. The maximum atomic E-state index is 13.1. The van der Waals surface area contributed by atoms with Crippen molar-refractivity contribution in [3.63, 3.8) is 0 Å². The number of benzene rings is 1. The number of nitrogens with one attached hydrogen (secondary N) is 3. The molecular formula is C12H14F6N4O. The highest BCUT2D eigenvalue weighted by molar-refractivity contribution is 5.74. The van der Waals surface area contributed by atoms with Gasteiger partial charge in [0.1, 0.15) is 0 Å². The molecule has 0 aromatic heterocycles. The van der Waals surface area contributed by atoms with E-state index >= 15 is 0 Å². The number of alkyl halides is 6. The lowest BCUT2D eigenvalue weighted by molar-refractivity contribution is -0.312. The van der Waals surface area contributed by atoms with Crippen LogP contribution in [0.5, 0.6) is 0 Å². The first-order valence-electron chi connectivity index (χ1n) is 6.12. The van der Waals surface area contributed by atoms with Crippen molar-refractivity contribution in [3.05, 3.63) is 30.3 Å². The second kappa shape index (κ2) is 6.52. The predicted octanol–water partition coefficient (Wildman–Crippen LogP) is 2.70. The number of hydrazine groups is 1. The Morgan fingerprint density at radius 2 is 1.43 bits per heavy atom. The van der Waals surface area contributed by atoms with E-state index in [0.29, 0.717) is 4.90 Å². The van der Waals surface area contributed by atoms with Crippen LogP contribution in [0.2, 0.25) is 0 Å². The van der Waals surface area contributed by atoms with Crippen molar-refractivity contribution in [2.45, 2.75) is 18.0 Å². The van der Waals surface area contributed by atoms with Gasteiger partial charge in [0.15, 0.2) is 0 Å². The van der Waals surface area contributed by atoms with Crippen molar-refractivity contribution in [3.8, 4) is 0 Å². The lowest BCUT2D eigenvalue weighted by atomic mass is 10.1. The fourth-order valence-corrected chi connectivity index (χ4v) is 1.44. The Morgan fingerprint density at radius 1 is 0.957 bits per heavy atom. The first-order chi connectivity index (χ1) is 10.4. The molecule has 0 fully saturated rings. The maximum absolute atomic E-state index is 13.1. The van der Waals surface area contributed by atoms with Crippen LogP contribution < -0.4 is 16.2 Å². The number of nitrogens with zero attached hydrogens (tertiary/aromatic N) is 1. The monoisotopic (exact) mass is 344 g/mol. The van der Waals surface area contributed by atoms with Gasteiger partial charge in [-0.2, -0.15) is 31.8 Å². The second-order valence-corrected chi connectivity index (χ2v) is 4.69. The van der Waals surface area contributed by atoms with E-state index in [1.807, 2.05) is 5.43 Å². The molecule has 1 aromatic carbocycles. The van der Waals surface area contributed by atoms with Gasteiger partial charge in [-0.1, -0.05) is 18.2 Å². The summed E-state index contributed by atoms with van der Waals surface area (Å²) in [6, 6.07) is 5.27. The largest absolute Gasteiger partial charge is 0.436 e. The number of amides is 2. The summed E-state index contributed by atoms with van der Waals surface area (Å²) in [6.07, 6.45) is -11.7. The van der Waals surface area contributed by atoms with E-state index in [0.717, 1.165) is 24.8 Å². The van der Waals surface area contributed by atoms with Gasteiger partial charge in [-0.15, -0.1) is 0 Å². The minimum absolute atomic E-state index is 0.0514.